The molecule has 2 N–H and O–H groups in total. The number of aryl methyl sites for hydroxylation is 1. The summed E-state index contributed by atoms with van der Waals surface area (Å²) in [4.78, 5) is 11.9. The molecule has 26 heavy (non-hydrogen) atoms. The Kier molecular flexibility index (Phi) is 6.59. The van der Waals surface area contributed by atoms with E-state index in [9.17, 15) is 13.2 Å². The van der Waals surface area contributed by atoms with Crippen LogP contribution in [0.2, 0.25) is 0 Å². The zero-order chi connectivity index (χ0) is 19.2. The zero-order valence-corrected chi connectivity index (χ0v) is 15.7. The van der Waals surface area contributed by atoms with Gasteiger partial charge >= 0.3 is 0 Å². The van der Waals surface area contributed by atoms with E-state index in [1.807, 2.05) is 31.2 Å². The van der Waals surface area contributed by atoms with Gasteiger partial charge in [0.25, 0.3) is 0 Å². The highest BCUT2D eigenvalue weighted by Crippen LogP contribution is 2.27. The summed E-state index contributed by atoms with van der Waals surface area (Å²) in [6.45, 7) is 1.89. The van der Waals surface area contributed by atoms with Crippen molar-refractivity contribution in [2.75, 3.05) is 20.8 Å². The van der Waals surface area contributed by atoms with Crippen LogP contribution >= 0.6 is 0 Å². The quantitative estimate of drug-likeness (QED) is 0.728. The molecule has 0 heterocycles. The number of nitrogens with one attached hydrogen (secondary N) is 2. The van der Waals surface area contributed by atoms with Crippen molar-refractivity contribution in [2.24, 2.45) is 0 Å². The van der Waals surface area contributed by atoms with Gasteiger partial charge in [0.05, 0.1) is 20.8 Å². The Labute approximate surface area is 153 Å². The fourth-order valence-electron chi connectivity index (χ4n) is 2.30. The SMILES string of the molecule is COc1ccc(OC)c(S(=O)(=O)NCC(=O)NCc2ccccc2C)c1. The molecule has 0 atom stereocenters. The van der Waals surface area contributed by atoms with E-state index in [1.165, 1.54) is 26.4 Å². The maximum Gasteiger partial charge on any atom is 0.244 e. The standard InChI is InChI=1S/C18H22N2O5S/c1-13-6-4-5-7-14(13)11-19-18(21)12-20-26(22,23)17-10-15(24-2)8-9-16(17)25-3/h4-10,20H,11-12H2,1-3H3,(H,19,21). The average Bonchev–Trinajstić information content (AvgIpc) is 2.65. The van der Waals surface area contributed by atoms with E-state index in [0.29, 0.717) is 12.3 Å². The molecule has 0 aliphatic heterocycles. The lowest BCUT2D eigenvalue weighted by Gasteiger charge is -2.12. The number of carbonyl (C=O) groups is 1. The molecule has 1 amide bonds. The third-order valence-electron chi connectivity index (χ3n) is 3.82. The van der Waals surface area contributed by atoms with Gasteiger partial charge in [-0.05, 0) is 30.2 Å². The Balaban J connectivity index is 2.01. The fourth-order valence-corrected chi connectivity index (χ4v) is 3.46. The van der Waals surface area contributed by atoms with Crippen molar-refractivity contribution >= 4 is 15.9 Å². The second kappa shape index (κ2) is 8.68. The van der Waals surface area contributed by atoms with Crippen molar-refractivity contribution < 1.29 is 22.7 Å². The topological polar surface area (TPSA) is 93.7 Å². The zero-order valence-electron chi connectivity index (χ0n) is 14.9. The number of sulfonamides is 1. The predicted octanol–water partition coefficient (Wildman–Crippen LogP) is 1.61. The molecule has 8 heteroatoms. The molecule has 0 radical (unpaired) electrons. The number of carbonyl (C=O) groups excluding carboxylic acids is 1. The van der Waals surface area contributed by atoms with Gasteiger partial charge in [-0.2, -0.15) is 0 Å². The van der Waals surface area contributed by atoms with Crippen molar-refractivity contribution in [3.8, 4) is 11.5 Å². The summed E-state index contributed by atoms with van der Waals surface area (Å²) in [7, 11) is -1.13. The highest BCUT2D eigenvalue weighted by atomic mass is 32.2. The van der Waals surface area contributed by atoms with E-state index in [-0.39, 0.29) is 17.2 Å². The summed E-state index contributed by atoms with van der Waals surface area (Å²) in [6.07, 6.45) is 0. The largest absolute Gasteiger partial charge is 0.497 e. The summed E-state index contributed by atoms with van der Waals surface area (Å²) in [5.41, 5.74) is 2.02. The number of ether oxygens (including phenoxy) is 2. The van der Waals surface area contributed by atoms with Crippen LogP contribution in [0.4, 0.5) is 0 Å². The summed E-state index contributed by atoms with van der Waals surface area (Å²) in [5, 5.41) is 2.69. The van der Waals surface area contributed by atoms with Crippen LogP contribution < -0.4 is 19.5 Å². The lowest BCUT2D eigenvalue weighted by molar-refractivity contribution is -0.120. The molecule has 0 aliphatic rings. The summed E-state index contributed by atoms with van der Waals surface area (Å²) >= 11 is 0. The third-order valence-corrected chi connectivity index (χ3v) is 5.24. The minimum absolute atomic E-state index is 0.0916. The first-order valence-electron chi connectivity index (χ1n) is 7.90. The maximum absolute atomic E-state index is 12.5. The van der Waals surface area contributed by atoms with Crippen molar-refractivity contribution in [1.82, 2.24) is 10.0 Å². The van der Waals surface area contributed by atoms with Crippen molar-refractivity contribution in [3.05, 3.63) is 53.6 Å². The first kappa shape index (κ1) is 19.7. The molecule has 2 rings (SSSR count). The number of hydrogen-bond acceptors (Lipinski definition) is 5. The van der Waals surface area contributed by atoms with Gasteiger partial charge in [-0.25, -0.2) is 13.1 Å². The summed E-state index contributed by atoms with van der Waals surface area (Å²) in [6, 6.07) is 12.1. The fraction of sp³-hybridized carbons (Fsp3) is 0.278. The van der Waals surface area contributed by atoms with Gasteiger partial charge in [-0.3, -0.25) is 4.79 Å². The Bertz CT molecular complexity index is 881. The van der Waals surface area contributed by atoms with Crippen LogP contribution in [0.15, 0.2) is 47.4 Å². The predicted molar refractivity (Wildman–Crippen MR) is 97.8 cm³/mol. The van der Waals surface area contributed by atoms with E-state index in [2.05, 4.69) is 10.0 Å². The second-order valence-electron chi connectivity index (χ2n) is 5.54. The minimum Gasteiger partial charge on any atom is -0.497 e. The number of amides is 1. The minimum atomic E-state index is -3.94. The number of hydrogen-bond donors (Lipinski definition) is 2. The van der Waals surface area contributed by atoms with E-state index >= 15 is 0 Å². The van der Waals surface area contributed by atoms with Crippen molar-refractivity contribution in [1.29, 1.82) is 0 Å². The molecule has 0 saturated heterocycles. The van der Waals surface area contributed by atoms with Crippen molar-refractivity contribution in [2.45, 2.75) is 18.4 Å². The molecule has 0 saturated carbocycles. The molecular weight excluding hydrogens is 356 g/mol. The van der Waals surface area contributed by atoms with Gasteiger partial charge in [-0.15, -0.1) is 0 Å². The lowest BCUT2D eigenvalue weighted by Crippen LogP contribution is -2.36. The van der Waals surface area contributed by atoms with E-state index in [0.717, 1.165) is 11.1 Å². The first-order chi connectivity index (χ1) is 12.4. The molecule has 0 bridgehead atoms. The van der Waals surface area contributed by atoms with Gasteiger partial charge < -0.3 is 14.8 Å². The van der Waals surface area contributed by atoms with Gasteiger partial charge in [0.15, 0.2) is 0 Å². The monoisotopic (exact) mass is 378 g/mol. The molecule has 0 aliphatic carbocycles. The van der Waals surface area contributed by atoms with Gasteiger partial charge in [-0.1, -0.05) is 24.3 Å². The Morgan fingerprint density at radius 2 is 1.81 bits per heavy atom. The Morgan fingerprint density at radius 3 is 2.46 bits per heavy atom. The molecule has 7 nitrogen and oxygen atoms in total. The molecule has 0 aromatic heterocycles. The molecule has 140 valence electrons. The summed E-state index contributed by atoms with van der Waals surface area (Å²) < 4.78 is 37.4. The molecular formula is C18H22N2O5S. The first-order valence-corrected chi connectivity index (χ1v) is 9.38. The van der Waals surface area contributed by atoms with Crippen LogP contribution in [0.5, 0.6) is 11.5 Å². The molecule has 0 unspecified atom stereocenters. The van der Waals surface area contributed by atoms with Gasteiger partial charge in [0.2, 0.25) is 15.9 Å². The normalized spacial score (nSPS) is 11.0. The number of methoxy groups -OCH3 is 2. The Hall–Kier alpha value is -2.58. The number of rotatable bonds is 8. The smallest absolute Gasteiger partial charge is 0.244 e. The van der Waals surface area contributed by atoms with Crippen LogP contribution in [0.1, 0.15) is 11.1 Å². The number of benzene rings is 2. The van der Waals surface area contributed by atoms with E-state index in [4.69, 9.17) is 9.47 Å². The molecule has 0 spiro atoms. The van der Waals surface area contributed by atoms with Crippen molar-refractivity contribution in [3.63, 3.8) is 0 Å². The van der Waals surface area contributed by atoms with Crippen LogP contribution in [0, 0.1) is 6.92 Å². The van der Waals surface area contributed by atoms with E-state index in [1.54, 1.807) is 6.07 Å². The van der Waals surface area contributed by atoms with Crippen LogP contribution in [0.25, 0.3) is 0 Å². The van der Waals surface area contributed by atoms with Gasteiger partial charge in [0, 0.05) is 12.6 Å². The van der Waals surface area contributed by atoms with Gasteiger partial charge in [0.1, 0.15) is 16.4 Å². The second-order valence-corrected chi connectivity index (χ2v) is 7.28. The molecule has 2 aromatic carbocycles. The summed E-state index contributed by atoms with van der Waals surface area (Å²) in [5.74, 6) is 0.104. The molecule has 2 aromatic rings. The van der Waals surface area contributed by atoms with E-state index < -0.39 is 15.9 Å². The maximum atomic E-state index is 12.5. The highest BCUT2D eigenvalue weighted by Gasteiger charge is 2.21. The Morgan fingerprint density at radius 1 is 1.08 bits per heavy atom. The van der Waals surface area contributed by atoms with Crippen LogP contribution in [-0.2, 0) is 21.4 Å². The highest BCUT2D eigenvalue weighted by molar-refractivity contribution is 7.89. The lowest BCUT2D eigenvalue weighted by atomic mass is 10.1. The average molecular weight is 378 g/mol. The third kappa shape index (κ3) is 4.96. The molecule has 0 fully saturated rings. The van der Waals surface area contributed by atoms with Crippen LogP contribution in [-0.4, -0.2) is 35.1 Å². The van der Waals surface area contributed by atoms with Crippen LogP contribution in [0.3, 0.4) is 0 Å².